The number of fused-ring (bicyclic) bond motifs is 1. The molecule has 1 amide bonds. The van der Waals surface area contributed by atoms with Crippen molar-refractivity contribution in [3.63, 3.8) is 0 Å². The molecule has 0 bridgehead atoms. The van der Waals surface area contributed by atoms with Gasteiger partial charge in [-0.1, -0.05) is 11.2 Å². The Morgan fingerprint density at radius 1 is 1.30 bits per heavy atom. The molecule has 1 heterocycles. The molecule has 0 saturated carbocycles. The van der Waals surface area contributed by atoms with E-state index in [-0.39, 0.29) is 5.91 Å². The van der Waals surface area contributed by atoms with Gasteiger partial charge in [0.25, 0.3) is 0 Å². The molecule has 0 aliphatic heterocycles. The number of amides is 1. The first kappa shape index (κ1) is 16.1. The Balaban J connectivity index is 1.43. The van der Waals surface area contributed by atoms with Crippen LogP contribution in [0.25, 0.3) is 0 Å². The molecule has 5 heteroatoms. The molecule has 1 aromatic carbocycles. The summed E-state index contributed by atoms with van der Waals surface area (Å²) in [5, 5.41) is 6.95. The van der Waals surface area contributed by atoms with Crippen LogP contribution in [-0.4, -0.2) is 16.8 Å². The first-order valence-electron chi connectivity index (χ1n) is 8.04. The fraction of sp³-hybridized carbons (Fsp3) is 0.444. The van der Waals surface area contributed by atoms with Gasteiger partial charge in [0.1, 0.15) is 5.76 Å². The molecule has 1 aliphatic carbocycles. The second-order valence-corrected chi connectivity index (χ2v) is 7.10. The van der Waals surface area contributed by atoms with Crippen LogP contribution in [0.4, 0.5) is 5.69 Å². The zero-order valence-electron chi connectivity index (χ0n) is 13.6. The lowest BCUT2D eigenvalue weighted by atomic mass is 10.1. The number of aromatic nitrogens is 1. The number of nitrogens with one attached hydrogen (secondary N) is 1. The monoisotopic (exact) mass is 330 g/mol. The summed E-state index contributed by atoms with van der Waals surface area (Å²) >= 11 is 1.74. The lowest BCUT2D eigenvalue weighted by molar-refractivity contribution is -0.115. The SMILES string of the molecule is Cc1noc(C)c1CSCCC(=O)Nc1ccc2c(c1)CCC2. The van der Waals surface area contributed by atoms with Crippen molar-refractivity contribution in [3.05, 3.63) is 46.3 Å². The quantitative estimate of drug-likeness (QED) is 0.812. The van der Waals surface area contributed by atoms with E-state index >= 15 is 0 Å². The molecule has 0 radical (unpaired) electrons. The van der Waals surface area contributed by atoms with Crippen molar-refractivity contribution in [2.24, 2.45) is 0 Å². The second kappa shape index (κ2) is 7.21. The Kier molecular flexibility index (Phi) is 5.06. The molecule has 1 aromatic heterocycles. The normalized spacial score (nSPS) is 13.1. The molecule has 0 spiro atoms. The maximum absolute atomic E-state index is 12.1. The maximum atomic E-state index is 12.1. The molecule has 1 N–H and O–H groups in total. The molecule has 0 saturated heterocycles. The number of anilines is 1. The number of nitrogens with zero attached hydrogens (tertiary/aromatic N) is 1. The van der Waals surface area contributed by atoms with Crippen LogP contribution in [0.2, 0.25) is 0 Å². The standard InChI is InChI=1S/C18H22N2O2S/c1-12-17(13(2)22-20-12)11-23-9-8-18(21)19-16-7-6-14-4-3-5-15(14)10-16/h6-7,10H,3-5,8-9,11H2,1-2H3,(H,19,21). The number of hydrogen-bond donors (Lipinski definition) is 1. The summed E-state index contributed by atoms with van der Waals surface area (Å²) in [5.41, 5.74) is 5.83. The largest absolute Gasteiger partial charge is 0.361 e. The van der Waals surface area contributed by atoms with Crippen LogP contribution >= 0.6 is 11.8 Å². The Morgan fingerprint density at radius 2 is 2.13 bits per heavy atom. The van der Waals surface area contributed by atoms with Crippen LogP contribution in [0.15, 0.2) is 22.7 Å². The predicted octanol–water partition coefficient (Wildman–Crippen LogP) is 4.04. The van der Waals surface area contributed by atoms with E-state index in [4.69, 9.17) is 4.52 Å². The summed E-state index contributed by atoms with van der Waals surface area (Å²) < 4.78 is 5.15. The van der Waals surface area contributed by atoms with Crippen LogP contribution in [0.1, 0.15) is 41.0 Å². The summed E-state index contributed by atoms with van der Waals surface area (Å²) in [6.07, 6.45) is 4.05. The van der Waals surface area contributed by atoms with Gasteiger partial charge in [-0.15, -0.1) is 0 Å². The summed E-state index contributed by atoms with van der Waals surface area (Å²) in [6, 6.07) is 6.28. The van der Waals surface area contributed by atoms with E-state index in [1.165, 1.54) is 24.0 Å². The number of aryl methyl sites for hydroxylation is 4. The van der Waals surface area contributed by atoms with E-state index < -0.39 is 0 Å². The highest BCUT2D eigenvalue weighted by Crippen LogP contribution is 2.25. The van der Waals surface area contributed by atoms with Crippen LogP contribution in [-0.2, 0) is 23.4 Å². The van der Waals surface area contributed by atoms with Gasteiger partial charge in [0.05, 0.1) is 5.69 Å². The minimum absolute atomic E-state index is 0.0780. The first-order chi connectivity index (χ1) is 11.1. The zero-order valence-corrected chi connectivity index (χ0v) is 14.5. The summed E-state index contributed by atoms with van der Waals surface area (Å²) in [4.78, 5) is 12.1. The molecule has 23 heavy (non-hydrogen) atoms. The van der Waals surface area contributed by atoms with Crippen LogP contribution in [0.5, 0.6) is 0 Å². The number of carbonyl (C=O) groups is 1. The van der Waals surface area contributed by atoms with Gasteiger partial charge in [-0.2, -0.15) is 11.8 Å². The third-order valence-electron chi connectivity index (χ3n) is 4.28. The van der Waals surface area contributed by atoms with E-state index in [9.17, 15) is 4.79 Å². The van der Waals surface area contributed by atoms with Crippen molar-refractivity contribution in [3.8, 4) is 0 Å². The van der Waals surface area contributed by atoms with Crippen LogP contribution < -0.4 is 5.32 Å². The summed E-state index contributed by atoms with van der Waals surface area (Å²) in [5.74, 6) is 2.58. The molecule has 2 aromatic rings. The zero-order chi connectivity index (χ0) is 16.2. The maximum Gasteiger partial charge on any atom is 0.225 e. The van der Waals surface area contributed by atoms with Gasteiger partial charge in [-0.3, -0.25) is 4.79 Å². The highest BCUT2D eigenvalue weighted by atomic mass is 32.2. The fourth-order valence-electron chi connectivity index (χ4n) is 2.92. The van der Waals surface area contributed by atoms with Gasteiger partial charge in [-0.25, -0.2) is 0 Å². The number of thioether (sulfide) groups is 1. The summed E-state index contributed by atoms with van der Waals surface area (Å²) in [6.45, 7) is 3.88. The van der Waals surface area contributed by atoms with Crippen LogP contribution in [0.3, 0.4) is 0 Å². The Hall–Kier alpha value is -1.75. The molecule has 122 valence electrons. The number of rotatable bonds is 6. The molecule has 0 atom stereocenters. The van der Waals surface area contributed by atoms with Crippen molar-refractivity contribution >= 4 is 23.4 Å². The number of carbonyl (C=O) groups excluding carboxylic acids is 1. The highest BCUT2D eigenvalue weighted by Gasteiger charge is 2.12. The molecule has 0 unspecified atom stereocenters. The highest BCUT2D eigenvalue weighted by molar-refractivity contribution is 7.98. The average molecular weight is 330 g/mol. The minimum atomic E-state index is 0.0780. The summed E-state index contributed by atoms with van der Waals surface area (Å²) in [7, 11) is 0. The van der Waals surface area contributed by atoms with Gasteiger partial charge < -0.3 is 9.84 Å². The van der Waals surface area contributed by atoms with Crippen molar-refractivity contribution in [2.45, 2.75) is 45.3 Å². The Bertz CT molecular complexity index is 690. The van der Waals surface area contributed by atoms with E-state index in [2.05, 4.69) is 22.6 Å². The van der Waals surface area contributed by atoms with Crippen LogP contribution in [0, 0.1) is 13.8 Å². The Labute approximate surface area is 141 Å². The van der Waals surface area contributed by atoms with E-state index in [1.54, 1.807) is 11.8 Å². The molecular formula is C18H22N2O2S. The smallest absolute Gasteiger partial charge is 0.225 e. The number of benzene rings is 1. The number of hydrogen-bond acceptors (Lipinski definition) is 4. The molecular weight excluding hydrogens is 308 g/mol. The van der Waals surface area contributed by atoms with Crippen molar-refractivity contribution < 1.29 is 9.32 Å². The lowest BCUT2D eigenvalue weighted by Gasteiger charge is -2.07. The van der Waals surface area contributed by atoms with Crippen molar-refractivity contribution in [1.29, 1.82) is 0 Å². The third-order valence-corrected chi connectivity index (χ3v) is 5.27. The van der Waals surface area contributed by atoms with Gasteiger partial charge in [0.2, 0.25) is 5.91 Å². The van der Waals surface area contributed by atoms with Crippen molar-refractivity contribution in [1.82, 2.24) is 5.16 Å². The molecule has 1 aliphatic rings. The molecule has 0 fully saturated rings. The van der Waals surface area contributed by atoms with Crippen molar-refractivity contribution in [2.75, 3.05) is 11.1 Å². The van der Waals surface area contributed by atoms with E-state index in [0.717, 1.165) is 40.6 Å². The van der Waals surface area contributed by atoms with Gasteiger partial charge >= 0.3 is 0 Å². The van der Waals surface area contributed by atoms with Gasteiger partial charge in [0.15, 0.2) is 0 Å². The van der Waals surface area contributed by atoms with Gasteiger partial charge in [-0.05, 0) is 56.4 Å². The average Bonchev–Trinajstić information content (AvgIpc) is 3.11. The Morgan fingerprint density at radius 3 is 2.91 bits per heavy atom. The van der Waals surface area contributed by atoms with E-state index in [1.807, 2.05) is 19.9 Å². The first-order valence-corrected chi connectivity index (χ1v) is 9.20. The molecule has 3 rings (SSSR count). The topological polar surface area (TPSA) is 55.1 Å². The predicted molar refractivity (Wildman–Crippen MR) is 93.9 cm³/mol. The molecule has 4 nitrogen and oxygen atoms in total. The fourth-order valence-corrected chi connectivity index (χ4v) is 4.01. The van der Waals surface area contributed by atoms with Gasteiger partial charge in [0, 0.05) is 29.2 Å². The van der Waals surface area contributed by atoms with E-state index in [0.29, 0.717) is 6.42 Å². The third kappa shape index (κ3) is 3.96. The lowest BCUT2D eigenvalue weighted by Crippen LogP contribution is -2.12. The second-order valence-electron chi connectivity index (χ2n) is 5.99. The minimum Gasteiger partial charge on any atom is -0.361 e.